The summed E-state index contributed by atoms with van der Waals surface area (Å²) in [4.78, 5) is 2.44. The summed E-state index contributed by atoms with van der Waals surface area (Å²) in [5, 5.41) is 3.36. The minimum absolute atomic E-state index is 0.245. The summed E-state index contributed by atoms with van der Waals surface area (Å²) in [5.41, 5.74) is 0.942. The molecule has 2 fully saturated rings. The molecule has 3 rings (SSSR count). The summed E-state index contributed by atoms with van der Waals surface area (Å²) >= 11 is 0. The first-order valence-electron chi connectivity index (χ1n) is 7.65. The zero-order valence-corrected chi connectivity index (χ0v) is 11.7. The molecule has 1 aliphatic carbocycles. The number of halogens is 2. The maximum Gasteiger partial charge on any atom is 0.159 e. The lowest BCUT2D eigenvalue weighted by molar-refractivity contribution is 0.125. The number of benzene rings is 1. The van der Waals surface area contributed by atoms with Crippen molar-refractivity contribution in [3.8, 4) is 0 Å². The van der Waals surface area contributed by atoms with Crippen LogP contribution in [0.3, 0.4) is 0 Å². The summed E-state index contributed by atoms with van der Waals surface area (Å²) < 4.78 is 26.8. The molecule has 0 radical (unpaired) electrons. The van der Waals surface area contributed by atoms with Crippen LogP contribution in [0.1, 0.15) is 37.3 Å². The van der Waals surface area contributed by atoms with Crippen LogP contribution < -0.4 is 5.32 Å². The highest BCUT2D eigenvalue weighted by Gasteiger charge is 2.32. The molecule has 2 aliphatic rings. The maximum atomic E-state index is 13.6. The van der Waals surface area contributed by atoms with Crippen LogP contribution in [0.5, 0.6) is 0 Å². The van der Waals surface area contributed by atoms with E-state index >= 15 is 0 Å². The standard InChI is InChI=1S/C16H22F2N2/c17-14-6-5-13(11-15(14)18)16(12-3-1-2-4-12)20-9-7-19-8-10-20/h5-6,11-12,16,19H,1-4,7-10H2/t16-/m0/s1. The van der Waals surface area contributed by atoms with Crippen molar-refractivity contribution < 1.29 is 8.78 Å². The molecule has 110 valence electrons. The van der Waals surface area contributed by atoms with Gasteiger partial charge in [-0.05, 0) is 36.5 Å². The predicted molar refractivity (Wildman–Crippen MR) is 75.5 cm³/mol. The van der Waals surface area contributed by atoms with Crippen LogP contribution in [-0.4, -0.2) is 31.1 Å². The topological polar surface area (TPSA) is 15.3 Å². The van der Waals surface area contributed by atoms with Crippen LogP contribution in [0.4, 0.5) is 8.78 Å². The predicted octanol–water partition coefficient (Wildman–Crippen LogP) is 3.10. The van der Waals surface area contributed by atoms with Gasteiger partial charge in [-0.3, -0.25) is 4.90 Å². The van der Waals surface area contributed by atoms with Crippen LogP contribution in [-0.2, 0) is 0 Å². The van der Waals surface area contributed by atoms with E-state index in [1.165, 1.54) is 37.8 Å². The summed E-state index contributed by atoms with van der Waals surface area (Å²) in [6, 6.07) is 4.69. The molecule has 1 aromatic carbocycles. The second kappa shape index (κ2) is 6.19. The van der Waals surface area contributed by atoms with Crippen LogP contribution in [0.25, 0.3) is 0 Å². The molecule has 2 nitrogen and oxygen atoms in total. The Balaban J connectivity index is 1.88. The first kappa shape index (κ1) is 14.0. The summed E-state index contributed by atoms with van der Waals surface area (Å²) in [6.07, 6.45) is 4.93. The molecule has 0 bridgehead atoms. The van der Waals surface area contributed by atoms with Crippen molar-refractivity contribution in [3.05, 3.63) is 35.4 Å². The summed E-state index contributed by atoms with van der Waals surface area (Å²) in [7, 11) is 0. The summed E-state index contributed by atoms with van der Waals surface area (Å²) in [5.74, 6) is -0.891. The fraction of sp³-hybridized carbons (Fsp3) is 0.625. The minimum atomic E-state index is -0.751. The average molecular weight is 280 g/mol. The Morgan fingerprint density at radius 3 is 2.40 bits per heavy atom. The number of nitrogens with zero attached hydrogens (tertiary/aromatic N) is 1. The SMILES string of the molecule is Fc1ccc([C@H](C2CCCC2)N2CCNCC2)cc1F. The number of hydrogen-bond acceptors (Lipinski definition) is 2. The van der Waals surface area contributed by atoms with E-state index in [-0.39, 0.29) is 6.04 Å². The van der Waals surface area contributed by atoms with Gasteiger partial charge in [0, 0.05) is 32.2 Å². The van der Waals surface area contributed by atoms with E-state index in [0.29, 0.717) is 5.92 Å². The molecular formula is C16H22F2N2. The molecule has 1 N–H and O–H groups in total. The Kier molecular flexibility index (Phi) is 4.32. The highest BCUT2D eigenvalue weighted by molar-refractivity contribution is 5.22. The quantitative estimate of drug-likeness (QED) is 0.915. The lowest BCUT2D eigenvalue weighted by Crippen LogP contribution is -2.46. The third-order valence-corrected chi connectivity index (χ3v) is 4.68. The van der Waals surface area contributed by atoms with Gasteiger partial charge in [0.15, 0.2) is 11.6 Å². The Labute approximate surface area is 119 Å². The largest absolute Gasteiger partial charge is 0.314 e. The Morgan fingerprint density at radius 1 is 1.05 bits per heavy atom. The zero-order valence-electron chi connectivity index (χ0n) is 11.7. The van der Waals surface area contributed by atoms with Crippen LogP contribution in [0.2, 0.25) is 0 Å². The van der Waals surface area contributed by atoms with Gasteiger partial charge in [0.25, 0.3) is 0 Å². The van der Waals surface area contributed by atoms with Crippen LogP contribution >= 0.6 is 0 Å². The van der Waals surface area contributed by atoms with Crippen molar-refractivity contribution in [1.82, 2.24) is 10.2 Å². The minimum Gasteiger partial charge on any atom is -0.314 e. The second-order valence-electron chi connectivity index (χ2n) is 5.95. The molecule has 1 saturated heterocycles. The number of hydrogen-bond donors (Lipinski definition) is 1. The number of rotatable bonds is 3. The average Bonchev–Trinajstić information content (AvgIpc) is 2.98. The first-order chi connectivity index (χ1) is 9.75. The highest BCUT2D eigenvalue weighted by Crippen LogP contribution is 2.39. The zero-order chi connectivity index (χ0) is 13.9. The first-order valence-corrected chi connectivity index (χ1v) is 7.65. The molecule has 4 heteroatoms. The molecule has 20 heavy (non-hydrogen) atoms. The smallest absolute Gasteiger partial charge is 0.159 e. The van der Waals surface area contributed by atoms with Crippen LogP contribution in [0.15, 0.2) is 18.2 Å². The Morgan fingerprint density at radius 2 is 1.75 bits per heavy atom. The third-order valence-electron chi connectivity index (χ3n) is 4.68. The maximum absolute atomic E-state index is 13.6. The molecule has 1 saturated carbocycles. The fourth-order valence-corrected chi connectivity index (χ4v) is 3.71. The van der Waals surface area contributed by atoms with Crippen LogP contribution in [0, 0.1) is 17.6 Å². The molecule has 1 aliphatic heterocycles. The molecule has 1 atom stereocenters. The number of piperazine rings is 1. The van der Waals surface area contributed by atoms with E-state index in [4.69, 9.17) is 0 Å². The highest BCUT2D eigenvalue weighted by atomic mass is 19.2. The second-order valence-corrected chi connectivity index (χ2v) is 5.95. The molecule has 0 unspecified atom stereocenters. The Bertz CT molecular complexity index is 452. The molecule has 1 aromatic rings. The van der Waals surface area contributed by atoms with E-state index < -0.39 is 11.6 Å². The summed E-state index contributed by atoms with van der Waals surface area (Å²) in [6.45, 7) is 3.93. The van der Waals surface area contributed by atoms with Gasteiger partial charge in [-0.2, -0.15) is 0 Å². The number of nitrogens with one attached hydrogen (secondary N) is 1. The molecule has 0 aromatic heterocycles. The fourth-order valence-electron chi connectivity index (χ4n) is 3.71. The van der Waals surface area contributed by atoms with Gasteiger partial charge in [-0.15, -0.1) is 0 Å². The van der Waals surface area contributed by atoms with Crippen molar-refractivity contribution >= 4 is 0 Å². The van der Waals surface area contributed by atoms with Crippen molar-refractivity contribution in [3.63, 3.8) is 0 Å². The lowest BCUT2D eigenvalue weighted by atomic mass is 9.89. The van der Waals surface area contributed by atoms with Crippen molar-refractivity contribution in [2.75, 3.05) is 26.2 Å². The van der Waals surface area contributed by atoms with Crippen molar-refractivity contribution in [2.24, 2.45) is 5.92 Å². The third kappa shape index (κ3) is 2.86. The molecule has 1 heterocycles. The van der Waals surface area contributed by atoms with Gasteiger partial charge in [0.2, 0.25) is 0 Å². The lowest BCUT2D eigenvalue weighted by Gasteiger charge is -2.38. The van der Waals surface area contributed by atoms with E-state index in [2.05, 4.69) is 10.2 Å². The van der Waals surface area contributed by atoms with Gasteiger partial charge >= 0.3 is 0 Å². The van der Waals surface area contributed by atoms with Gasteiger partial charge in [0.05, 0.1) is 0 Å². The molecule has 0 amide bonds. The van der Waals surface area contributed by atoms with Gasteiger partial charge in [-0.1, -0.05) is 18.9 Å². The monoisotopic (exact) mass is 280 g/mol. The van der Waals surface area contributed by atoms with Crippen molar-refractivity contribution in [1.29, 1.82) is 0 Å². The van der Waals surface area contributed by atoms with Gasteiger partial charge in [-0.25, -0.2) is 8.78 Å². The van der Waals surface area contributed by atoms with E-state index in [1.807, 2.05) is 0 Å². The van der Waals surface area contributed by atoms with Crippen molar-refractivity contribution in [2.45, 2.75) is 31.7 Å². The molecule has 0 spiro atoms. The van der Waals surface area contributed by atoms with E-state index in [0.717, 1.165) is 31.7 Å². The normalized spacial score (nSPS) is 23.1. The molecular weight excluding hydrogens is 258 g/mol. The van der Waals surface area contributed by atoms with Gasteiger partial charge < -0.3 is 5.32 Å². The van der Waals surface area contributed by atoms with Gasteiger partial charge in [0.1, 0.15) is 0 Å². The van der Waals surface area contributed by atoms with E-state index in [9.17, 15) is 8.78 Å². The van der Waals surface area contributed by atoms with E-state index in [1.54, 1.807) is 6.07 Å². The Hall–Kier alpha value is -1.00.